The van der Waals surface area contributed by atoms with Crippen LogP contribution in [0.2, 0.25) is 0 Å². The Morgan fingerprint density at radius 2 is 1.66 bits per heavy atom. The van der Waals surface area contributed by atoms with Crippen LogP contribution in [-0.4, -0.2) is 30.7 Å². The highest BCUT2D eigenvalue weighted by molar-refractivity contribution is 5.96. The van der Waals surface area contributed by atoms with E-state index in [-0.39, 0.29) is 11.4 Å². The van der Waals surface area contributed by atoms with Crippen molar-refractivity contribution in [3.05, 3.63) is 54.1 Å². The lowest BCUT2D eigenvalue weighted by molar-refractivity contribution is -0.159. The Kier molecular flexibility index (Phi) is 7.48. The van der Waals surface area contributed by atoms with Crippen LogP contribution in [0.5, 0.6) is 11.5 Å². The number of benzene rings is 2. The van der Waals surface area contributed by atoms with Crippen LogP contribution in [0.25, 0.3) is 0 Å². The standard InChI is InChI=1S/C20H18F2N2O5/c1-12(18(25)24-16-5-3-4-6-17(16)29-20(21)22)28-19(26)13(2)27-15-9-7-14(11-23)8-10-15/h3-10,12-13,20H,1-2H3,(H,24,25)/t12-,13-/m1/s1. The van der Waals surface area contributed by atoms with E-state index in [1.54, 1.807) is 0 Å². The van der Waals surface area contributed by atoms with Crippen molar-refractivity contribution in [1.29, 1.82) is 5.26 Å². The Labute approximate surface area is 165 Å². The maximum Gasteiger partial charge on any atom is 0.387 e. The molecule has 0 fully saturated rings. The van der Waals surface area contributed by atoms with Crippen molar-refractivity contribution < 1.29 is 32.6 Å². The van der Waals surface area contributed by atoms with E-state index in [4.69, 9.17) is 14.7 Å². The SMILES string of the molecule is C[C@@H](OC(=O)[C@@H](C)Oc1ccc(C#N)cc1)C(=O)Nc1ccccc1OC(F)F. The van der Waals surface area contributed by atoms with Crippen molar-refractivity contribution in [3.63, 3.8) is 0 Å². The largest absolute Gasteiger partial charge is 0.479 e. The van der Waals surface area contributed by atoms with Crippen molar-refractivity contribution in [2.45, 2.75) is 32.7 Å². The van der Waals surface area contributed by atoms with E-state index in [9.17, 15) is 18.4 Å². The molecule has 0 aliphatic carbocycles. The van der Waals surface area contributed by atoms with Gasteiger partial charge >= 0.3 is 12.6 Å². The van der Waals surface area contributed by atoms with Crippen LogP contribution < -0.4 is 14.8 Å². The molecule has 0 bridgehead atoms. The molecule has 2 aromatic rings. The minimum Gasteiger partial charge on any atom is -0.479 e. The van der Waals surface area contributed by atoms with Gasteiger partial charge in [-0.2, -0.15) is 14.0 Å². The van der Waals surface area contributed by atoms with Crippen LogP contribution in [0.4, 0.5) is 14.5 Å². The third kappa shape index (κ3) is 6.46. The molecule has 9 heteroatoms. The number of hydrogen-bond acceptors (Lipinski definition) is 6. The smallest absolute Gasteiger partial charge is 0.387 e. The molecule has 2 atom stereocenters. The van der Waals surface area contributed by atoms with Gasteiger partial charge in [0.1, 0.15) is 11.5 Å². The van der Waals surface area contributed by atoms with E-state index in [1.165, 1.54) is 62.4 Å². The monoisotopic (exact) mass is 404 g/mol. The van der Waals surface area contributed by atoms with E-state index in [1.807, 2.05) is 6.07 Å². The molecule has 0 saturated heterocycles. The average molecular weight is 404 g/mol. The number of alkyl halides is 2. The number of amides is 1. The third-order valence-electron chi connectivity index (χ3n) is 3.65. The highest BCUT2D eigenvalue weighted by atomic mass is 19.3. The second-order valence-corrected chi connectivity index (χ2v) is 5.84. The number of hydrogen-bond donors (Lipinski definition) is 1. The van der Waals surface area contributed by atoms with Gasteiger partial charge in [-0.3, -0.25) is 4.79 Å². The normalized spacial score (nSPS) is 12.4. The first-order chi connectivity index (χ1) is 13.8. The summed E-state index contributed by atoms with van der Waals surface area (Å²) in [5.41, 5.74) is 0.455. The Morgan fingerprint density at radius 1 is 1.00 bits per heavy atom. The number of nitriles is 1. The Hall–Kier alpha value is -3.67. The number of nitrogens with zero attached hydrogens (tertiary/aromatic N) is 1. The van der Waals surface area contributed by atoms with Crippen molar-refractivity contribution in [3.8, 4) is 17.6 Å². The Morgan fingerprint density at radius 3 is 2.28 bits per heavy atom. The van der Waals surface area contributed by atoms with Crippen molar-refractivity contribution in [2.75, 3.05) is 5.32 Å². The molecule has 2 aromatic carbocycles. The van der Waals surface area contributed by atoms with Gasteiger partial charge in [0, 0.05) is 0 Å². The van der Waals surface area contributed by atoms with Crippen molar-refractivity contribution in [1.82, 2.24) is 0 Å². The van der Waals surface area contributed by atoms with E-state index >= 15 is 0 Å². The lowest BCUT2D eigenvalue weighted by Crippen LogP contribution is -2.35. The van der Waals surface area contributed by atoms with Gasteiger partial charge in [0.25, 0.3) is 5.91 Å². The first kappa shape index (κ1) is 21.6. The highest BCUT2D eigenvalue weighted by Gasteiger charge is 2.24. The van der Waals surface area contributed by atoms with Gasteiger partial charge in [0.05, 0.1) is 17.3 Å². The van der Waals surface area contributed by atoms with Crippen molar-refractivity contribution >= 4 is 17.6 Å². The van der Waals surface area contributed by atoms with Gasteiger partial charge in [0.2, 0.25) is 0 Å². The van der Waals surface area contributed by atoms with E-state index in [2.05, 4.69) is 10.1 Å². The summed E-state index contributed by atoms with van der Waals surface area (Å²) in [5, 5.41) is 11.1. The number of ether oxygens (including phenoxy) is 3. The van der Waals surface area contributed by atoms with Crippen LogP contribution in [0.3, 0.4) is 0 Å². The van der Waals surface area contributed by atoms with Crippen LogP contribution >= 0.6 is 0 Å². The summed E-state index contributed by atoms with van der Waals surface area (Å²) in [7, 11) is 0. The van der Waals surface area contributed by atoms with Gasteiger partial charge in [0.15, 0.2) is 12.2 Å². The molecular formula is C20H18F2N2O5. The highest BCUT2D eigenvalue weighted by Crippen LogP contribution is 2.25. The van der Waals surface area contributed by atoms with Crippen molar-refractivity contribution in [2.24, 2.45) is 0 Å². The second-order valence-electron chi connectivity index (χ2n) is 5.84. The van der Waals surface area contributed by atoms with Gasteiger partial charge in [-0.05, 0) is 50.2 Å². The molecular weight excluding hydrogens is 386 g/mol. The predicted octanol–water partition coefficient (Wildman–Crippen LogP) is 3.50. The molecule has 1 amide bonds. The summed E-state index contributed by atoms with van der Waals surface area (Å²) < 4.78 is 39.7. The summed E-state index contributed by atoms with van der Waals surface area (Å²) in [6, 6.07) is 13.7. The zero-order valence-corrected chi connectivity index (χ0v) is 15.6. The number of para-hydroxylation sites is 2. The lowest BCUT2D eigenvalue weighted by atomic mass is 10.2. The average Bonchev–Trinajstić information content (AvgIpc) is 2.69. The van der Waals surface area contributed by atoms with Gasteiger partial charge in [-0.15, -0.1) is 0 Å². The predicted molar refractivity (Wildman–Crippen MR) is 98.5 cm³/mol. The molecule has 0 aromatic heterocycles. The lowest BCUT2D eigenvalue weighted by Gasteiger charge is -2.18. The summed E-state index contributed by atoms with van der Waals surface area (Å²) >= 11 is 0. The number of halogens is 2. The molecule has 152 valence electrons. The van der Waals surface area contributed by atoms with Gasteiger partial charge < -0.3 is 19.5 Å². The second kappa shape index (κ2) is 10.0. The number of nitrogens with one attached hydrogen (secondary N) is 1. The number of carbonyl (C=O) groups is 2. The maximum absolute atomic E-state index is 12.4. The number of esters is 1. The first-order valence-electron chi connectivity index (χ1n) is 8.52. The van der Waals surface area contributed by atoms with Crippen LogP contribution in [0, 0.1) is 11.3 Å². The summed E-state index contributed by atoms with van der Waals surface area (Å²) in [6.45, 7) is -0.279. The zero-order chi connectivity index (χ0) is 21.4. The quantitative estimate of drug-likeness (QED) is 0.677. The summed E-state index contributed by atoms with van der Waals surface area (Å²) in [5.74, 6) is -1.39. The van der Waals surface area contributed by atoms with Crippen LogP contribution in [0.1, 0.15) is 19.4 Å². The maximum atomic E-state index is 12.4. The molecule has 0 spiro atoms. The molecule has 29 heavy (non-hydrogen) atoms. The number of rotatable bonds is 8. The topological polar surface area (TPSA) is 97.7 Å². The first-order valence-corrected chi connectivity index (χ1v) is 8.52. The molecule has 0 aliphatic heterocycles. The van der Waals surface area contributed by atoms with Gasteiger partial charge in [-0.1, -0.05) is 12.1 Å². The molecule has 0 saturated carbocycles. The molecule has 0 unspecified atom stereocenters. The van der Waals surface area contributed by atoms with Gasteiger partial charge in [-0.25, -0.2) is 4.79 Å². The van der Waals surface area contributed by atoms with E-state index < -0.39 is 30.7 Å². The van der Waals surface area contributed by atoms with Crippen LogP contribution in [0.15, 0.2) is 48.5 Å². The fourth-order valence-corrected chi connectivity index (χ4v) is 2.19. The molecule has 0 radical (unpaired) electrons. The minimum absolute atomic E-state index is 0.0163. The number of carbonyl (C=O) groups excluding carboxylic acids is 2. The third-order valence-corrected chi connectivity index (χ3v) is 3.65. The molecule has 1 N–H and O–H groups in total. The molecule has 7 nitrogen and oxygen atoms in total. The molecule has 0 aliphatic rings. The molecule has 0 heterocycles. The zero-order valence-electron chi connectivity index (χ0n) is 15.6. The summed E-state index contributed by atoms with van der Waals surface area (Å²) in [6.07, 6.45) is -2.23. The Bertz CT molecular complexity index is 896. The fraction of sp³-hybridized carbons (Fsp3) is 0.250. The van der Waals surface area contributed by atoms with E-state index in [0.29, 0.717) is 11.3 Å². The Balaban J connectivity index is 1.93. The van der Waals surface area contributed by atoms with E-state index in [0.717, 1.165) is 0 Å². The summed E-state index contributed by atoms with van der Waals surface area (Å²) in [4.78, 5) is 24.4. The fourth-order valence-electron chi connectivity index (χ4n) is 2.19. The van der Waals surface area contributed by atoms with Crippen LogP contribution in [-0.2, 0) is 14.3 Å². The number of anilines is 1. The minimum atomic E-state index is -3.05. The molecule has 2 rings (SSSR count).